The van der Waals surface area contributed by atoms with Crippen molar-refractivity contribution in [3.8, 4) is 0 Å². The number of hydrogen-bond acceptors (Lipinski definition) is 4. The van der Waals surface area contributed by atoms with Crippen LogP contribution in [0.1, 0.15) is 46.5 Å². The average Bonchev–Trinajstić information content (AvgIpc) is 2.67. The molecule has 0 radical (unpaired) electrons. The Balaban J connectivity index is 1.72. The lowest BCUT2D eigenvalue weighted by Crippen LogP contribution is -2.38. The molecule has 7 heteroatoms. The number of primary amides is 1. The lowest BCUT2D eigenvalue weighted by molar-refractivity contribution is -0.115. The number of fused-ring (bicyclic) bond motifs is 1. The molecule has 0 atom stereocenters. The summed E-state index contributed by atoms with van der Waals surface area (Å²) in [5.74, 6) is -0.760. The molecule has 2 aromatic carbocycles. The van der Waals surface area contributed by atoms with Gasteiger partial charge in [-0.1, -0.05) is 6.07 Å². The van der Waals surface area contributed by atoms with Crippen LogP contribution in [0, 0.1) is 0 Å². The largest absolute Gasteiger partial charge is 0.366 e. The van der Waals surface area contributed by atoms with E-state index in [0.717, 1.165) is 30.6 Å². The van der Waals surface area contributed by atoms with Crippen LogP contribution in [0.5, 0.6) is 0 Å². The third kappa shape index (κ3) is 4.93. The Morgan fingerprint density at radius 1 is 1.10 bits per heavy atom. The Labute approximate surface area is 170 Å². The van der Waals surface area contributed by atoms with Crippen LogP contribution in [-0.4, -0.2) is 36.9 Å². The summed E-state index contributed by atoms with van der Waals surface area (Å²) in [4.78, 5) is 38.2. The summed E-state index contributed by atoms with van der Waals surface area (Å²) in [7, 11) is 0. The van der Waals surface area contributed by atoms with Crippen molar-refractivity contribution in [2.45, 2.75) is 32.7 Å². The molecule has 0 fully saturated rings. The number of carbonyl (C=O) groups is 3. The predicted molar refractivity (Wildman–Crippen MR) is 113 cm³/mol. The van der Waals surface area contributed by atoms with Gasteiger partial charge in [-0.25, -0.2) is 0 Å². The molecule has 3 rings (SSSR count). The molecule has 0 unspecified atom stereocenters. The summed E-state index contributed by atoms with van der Waals surface area (Å²) >= 11 is 0. The SMILES string of the molecule is CC(C)NC(=O)c1cccc2c1CCCN2CC(=O)Nc1ccc(C(N)=O)cc1. The quantitative estimate of drug-likeness (QED) is 0.699. The van der Waals surface area contributed by atoms with Gasteiger partial charge in [-0.15, -0.1) is 0 Å². The number of anilines is 2. The van der Waals surface area contributed by atoms with Gasteiger partial charge in [0, 0.05) is 35.1 Å². The molecule has 0 spiro atoms. The molecule has 1 aliphatic rings. The molecule has 152 valence electrons. The zero-order valence-corrected chi connectivity index (χ0v) is 16.7. The summed E-state index contributed by atoms with van der Waals surface area (Å²) in [5, 5.41) is 5.78. The Hall–Kier alpha value is -3.35. The number of amides is 3. The standard InChI is InChI=1S/C22H26N4O3/c1-14(2)24-22(29)18-5-3-7-19-17(18)6-4-12-26(19)13-20(27)25-16-10-8-15(9-11-16)21(23)28/h3,5,7-11,14H,4,6,12-13H2,1-2H3,(H2,23,28)(H,24,29)(H,25,27). The highest BCUT2D eigenvalue weighted by atomic mass is 16.2. The first-order chi connectivity index (χ1) is 13.8. The van der Waals surface area contributed by atoms with Crippen LogP contribution >= 0.6 is 0 Å². The van der Waals surface area contributed by atoms with Crippen LogP contribution in [-0.2, 0) is 11.2 Å². The van der Waals surface area contributed by atoms with E-state index in [2.05, 4.69) is 10.6 Å². The Kier molecular flexibility index (Phi) is 6.16. The van der Waals surface area contributed by atoms with Gasteiger partial charge in [0.25, 0.3) is 5.91 Å². The van der Waals surface area contributed by atoms with E-state index in [1.807, 2.05) is 36.9 Å². The molecule has 0 saturated heterocycles. The third-order valence-corrected chi connectivity index (χ3v) is 4.80. The van der Waals surface area contributed by atoms with Crippen molar-refractivity contribution in [1.82, 2.24) is 5.32 Å². The van der Waals surface area contributed by atoms with Crippen LogP contribution in [0.15, 0.2) is 42.5 Å². The molecule has 4 N–H and O–H groups in total. The maximum Gasteiger partial charge on any atom is 0.251 e. The molecular formula is C22H26N4O3. The fraction of sp³-hybridized carbons (Fsp3) is 0.318. The molecule has 1 aliphatic heterocycles. The Bertz CT molecular complexity index is 922. The third-order valence-electron chi connectivity index (χ3n) is 4.80. The lowest BCUT2D eigenvalue weighted by atomic mass is 9.95. The van der Waals surface area contributed by atoms with Gasteiger partial charge in [0.2, 0.25) is 11.8 Å². The van der Waals surface area contributed by atoms with Crippen molar-refractivity contribution in [1.29, 1.82) is 0 Å². The highest BCUT2D eigenvalue weighted by molar-refractivity contribution is 5.99. The molecule has 0 aliphatic carbocycles. The van der Waals surface area contributed by atoms with Gasteiger partial charge < -0.3 is 21.3 Å². The lowest BCUT2D eigenvalue weighted by Gasteiger charge is -2.32. The number of nitrogens with zero attached hydrogens (tertiary/aromatic N) is 1. The number of nitrogens with one attached hydrogen (secondary N) is 2. The van der Waals surface area contributed by atoms with Crippen molar-refractivity contribution in [2.75, 3.05) is 23.3 Å². The summed E-state index contributed by atoms with van der Waals surface area (Å²) in [6.07, 6.45) is 1.68. The van der Waals surface area contributed by atoms with Crippen molar-refractivity contribution in [3.05, 3.63) is 59.2 Å². The average molecular weight is 394 g/mol. The monoisotopic (exact) mass is 394 g/mol. The maximum atomic E-state index is 12.5. The summed E-state index contributed by atoms with van der Waals surface area (Å²) < 4.78 is 0. The van der Waals surface area contributed by atoms with Gasteiger partial charge in [-0.2, -0.15) is 0 Å². The zero-order valence-electron chi connectivity index (χ0n) is 16.7. The van der Waals surface area contributed by atoms with E-state index in [1.54, 1.807) is 24.3 Å². The first-order valence-electron chi connectivity index (χ1n) is 9.72. The smallest absolute Gasteiger partial charge is 0.251 e. The number of carbonyl (C=O) groups excluding carboxylic acids is 3. The van der Waals surface area contributed by atoms with E-state index in [4.69, 9.17) is 5.73 Å². The predicted octanol–water partition coefficient (Wildman–Crippen LogP) is 2.32. The van der Waals surface area contributed by atoms with Crippen molar-refractivity contribution >= 4 is 29.1 Å². The summed E-state index contributed by atoms with van der Waals surface area (Å²) in [6.45, 7) is 4.79. The van der Waals surface area contributed by atoms with E-state index >= 15 is 0 Å². The van der Waals surface area contributed by atoms with E-state index < -0.39 is 5.91 Å². The van der Waals surface area contributed by atoms with E-state index in [0.29, 0.717) is 16.8 Å². The minimum Gasteiger partial charge on any atom is -0.366 e. The topological polar surface area (TPSA) is 105 Å². The van der Waals surface area contributed by atoms with E-state index in [-0.39, 0.29) is 24.4 Å². The number of hydrogen-bond donors (Lipinski definition) is 3. The molecular weight excluding hydrogens is 368 g/mol. The fourth-order valence-corrected chi connectivity index (χ4v) is 3.51. The number of nitrogens with two attached hydrogens (primary N) is 1. The first kappa shape index (κ1) is 20.4. The maximum absolute atomic E-state index is 12.5. The second-order valence-electron chi connectivity index (χ2n) is 7.45. The minimum absolute atomic E-state index is 0.0600. The van der Waals surface area contributed by atoms with Crippen LogP contribution in [0.4, 0.5) is 11.4 Å². The second-order valence-corrected chi connectivity index (χ2v) is 7.45. The summed E-state index contributed by atoms with van der Waals surface area (Å²) in [6, 6.07) is 12.2. The van der Waals surface area contributed by atoms with Gasteiger partial charge in [0.1, 0.15) is 0 Å². The molecule has 0 bridgehead atoms. The number of rotatable bonds is 6. The van der Waals surface area contributed by atoms with E-state index in [1.165, 1.54) is 0 Å². The highest BCUT2D eigenvalue weighted by Gasteiger charge is 2.23. The Morgan fingerprint density at radius 3 is 2.48 bits per heavy atom. The number of benzene rings is 2. The van der Waals surface area contributed by atoms with Crippen molar-refractivity contribution in [2.24, 2.45) is 5.73 Å². The van der Waals surface area contributed by atoms with Gasteiger partial charge in [-0.05, 0) is 68.7 Å². The van der Waals surface area contributed by atoms with E-state index in [9.17, 15) is 14.4 Å². The molecule has 0 saturated carbocycles. The van der Waals surface area contributed by atoms with Crippen molar-refractivity contribution < 1.29 is 14.4 Å². The van der Waals surface area contributed by atoms with Crippen LogP contribution < -0.4 is 21.3 Å². The minimum atomic E-state index is -0.509. The second kappa shape index (κ2) is 8.77. The molecule has 29 heavy (non-hydrogen) atoms. The first-order valence-corrected chi connectivity index (χ1v) is 9.72. The molecule has 2 aromatic rings. The van der Waals surface area contributed by atoms with Gasteiger partial charge in [-0.3, -0.25) is 14.4 Å². The van der Waals surface area contributed by atoms with Gasteiger partial charge in [0.05, 0.1) is 6.54 Å². The van der Waals surface area contributed by atoms with Crippen molar-refractivity contribution in [3.63, 3.8) is 0 Å². The Morgan fingerprint density at radius 2 is 1.83 bits per heavy atom. The van der Waals surface area contributed by atoms with Gasteiger partial charge in [0.15, 0.2) is 0 Å². The molecule has 0 aromatic heterocycles. The highest BCUT2D eigenvalue weighted by Crippen LogP contribution is 2.30. The molecule has 7 nitrogen and oxygen atoms in total. The zero-order chi connectivity index (χ0) is 21.0. The summed E-state index contributed by atoms with van der Waals surface area (Å²) in [5.41, 5.74) is 8.80. The molecule has 3 amide bonds. The van der Waals surface area contributed by atoms with Gasteiger partial charge >= 0.3 is 0 Å². The van der Waals surface area contributed by atoms with Crippen LogP contribution in [0.2, 0.25) is 0 Å². The van der Waals surface area contributed by atoms with Crippen LogP contribution in [0.3, 0.4) is 0 Å². The normalized spacial score (nSPS) is 13.0. The fourth-order valence-electron chi connectivity index (χ4n) is 3.51. The molecule has 1 heterocycles. The van der Waals surface area contributed by atoms with Crippen LogP contribution in [0.25, 0.3) is 0 Å².